The lowest BCUT2D eigenvalue weighted by molar-refractivity contribution is 0.0467. The molecule has 1 atom stereocenters. The summed E-state index contributed by atoms with van der Waals surface area (Å²) in [4.78, 5) is 31.9. The molecular weight excluding hydrogens is 367 g/mol. The van der Waals surface area contributed by atoms with Gasteiger partial charge in [-0.2, -0.15) is 0 Å². The number of thiophene rings is 1. The maximum absolute atomic E-state index is 14.1. The fourth-order valence-corrected chi connectivity index (χ4v) is 3.96. The number of aromatic nitrogens is 2. The van der Waals surface area contributed by atoms with Crippen LogP contribution < -0.4 is 5.32 Å². The maximum Gasteiger partial charge on any atom is 0.275 e. The Morgan fingerprint density at radius 1 is 1.33 bits per heavy atom. The molecule has 1 fully saturated rings. The highest BCUT2D eigenvalue weighted by Gasteiger charge is 2.34. The van der Waals surface area contributed by atoms with Gasteiger partial charge in [-0.1, -0.05) is 6.07 Å². The minimum Gasteiger partial charge on any atom is -0.340 e. The third-order valence-corrected chi connectivity index (χ3v) is 5.47. The minimum atomic E-state index is -0.578. The van der Waals surface area contributed by atoms with Crippen molar-refractivity contribution in [1.29, 1.82) is 0 Å². The van der Waals surface area contributed by atoms with Gasteiger partial charge in [0.15, 0.2) is 0 Å². The number of nitrogens with one attached hydrogen (secondary N) is 1. The highest BCUT2D eigenvalue weighted by atomic mass is 32.1. The van der Waals surface area contributed by atoms with Crippen molar-refractivity contribution in [3.63, 3.8) is 0 Å². The van der Waals surface area contributed by atoms with Crippen LogP contribution >= 0.6 is 11.3 Å². The van der Waals surface area contributed by atoms with Crippen molar-refractivity contribution in [2.75, 3.05) is 11.9 Å². The summed E-state index contributed by atoms with van der Waals surface area (Å²) in [6.07, 6.45) is 3.96. The van der Waals surface area contributed by atoms with E-state index in [1.807, 2.05) is 17.5 Å². The van der Waals surface area contributed by atoms with Gasteiger partial charge in [-0.3, -0.25) is 9.59 Å². The molecule has 1 saturated heterocycles. The van der Waals surface area contributed by atoms with Gasteiger partial charge in [0, 0.05) is 35.9 Å². The highest BCUT2D eigenvalue weighted by Crippen LogP contribution is 2.37. The van der Waals surface area contributed by atoms with Crippen LogP contribution in [0.3, 0.4) is 0 Å². The molecule has 138 valence electrons. The summed E-state index contributed by atoms with van der Waals surface area (Å²) in [5.41, 5.74) is 0.657. The van der Waals surface area contributed by atoms with E-state index in [1.165, 1.54) is 24.5 Å². The second-order valence-corrected chi connectivity index (χ2v) is 7.40. The van der Waals surface area contributed by atoms with Gasteiger partial charge in [-0.15, -0.1) is 11.3 Å². The molecule has 1 aliphatic rings. The summed E-state index contributed by atoms with van der Waals surface area (Å²) >= 11 is 1.60. The lowest BCUT2D eigenvalue weighted by Crippen LogP contribution is -2.44. The number of aryl methyl sites for hydroxylation is 1. The van der Waals surface area contributed by atoms with E-state index in [0.29, 0.717) is 6.54 Å². The number of carbonyl (C=O) groups is 2. The van der Waals surface area contributed by atoms with Gasteiger partial charge in [0.2, 0.25) is 0 Å². The predicted octanol–water partition coefficient (Wildman–Crippen LogP) is 3.46. The molecule has 1 unspecified atom stereocenters. The van der Waals surface area contributed by atoms with Crippen LogP contribution in [0.15, 0.2) is 48.2 Å². The first kappa shape index (κ1) is 17.4. The van der Waals surface area contributed by atoms with Crippen LogP contribution in [0, 0.1) is 5.82 Å². The van der Waals surface area contributed by atoms with Crippen molar-refractivity contribution in [2.24, 2.45) is 7.05 Å². The van der Waals surface area contributed by atoms with Crippen LogP contribution in [0.4, 0.5) is 10.1 Å². The van der Waals surface area contributed by atoms with E-state index in [0.717, 1.165) is 11.3 Å². The molecule has 2 aromatic heterocycles. The zero-order chi connectivity index (χ0) is 19.0. The molecule has 0 bridgehead atoms. The monoisotopic (exact) mass is 384 g/mol. The number of hydrogen-bond acceptors (Lipinski definition) is 4. The summed E-state index contributed by atoms with van der Waals surface area (Å²) in [6, 6.07) is 7.86. The third kappa shape index (κ3) is 3.48. The van der Waals surface area contributed by atoms with E-state index in [4.69, 9.17) is 0 Å². The molecule has 3 heterocycles. The average molecular weight is 384 g/mol. The Balaban J connectivity index is 1.53. The maximum atomic E-state index is 14.1. The van der Waals surface area contributed by atoms with E-state index in [2.05, 4.69) is 10.3 Å². The summed E-state index contributed by atoms with van der Waals surface area (Å²) < 4.78 is 15.7. The summed E-state index contributed by atoms with van der Waals surface area (Å²) in [5.74, 6) is -1.28. The molecule has 1 N–H and O–H groups in total. The molecule has 0 spiro atoms. The summed E-state index contributed by atoms with van der Waals surface area (Å²) in [6.45, 7) is 0.632. The van der Waals surface area contributed by atoms with Crippen molar-refractivity contribution < 1.29 is 14.0 Å². The molecule has 0 saturated carbocycles. The lowest BCUT2D eigenvalue weighted by atomic mass is 9.99. The number of likely N-dealkylation sites (tertiary alicyclic amines) is 1. The van der Waals surface area contributed by atoms with Crippen LogP contribution in [-0.4, -0.2) is 32.8 Å². The normalized spacial score (nSPS) is 16.1. The van der Waals surface area contributed by atoms with Crippen LogP contribution in [0.5, 0.6) is 0 Å². The van der Waals surface area contributed by atoms with Gasteiger partial charge in [0.1, 0.15) is 11.5 Å². The predicted molar refractivity (Wildman–Crippen MR) is 100 cm³/mol. The van der Waals surface area contributed by atoms with Crippen molar-refractivity contribution in [2.45, 2.75) is 12.5 Å². The molecule has 4 rings (SSSR count). The highest BCUT2D eigenvalue weighted by molar-refractivity contribution is 7.10. The summed E-state index contributed by atoms with van der Waals surface area (Å²) in [7, 11) is 1.75. The lowest BCUT2D eigenvalue weighted by Gasteiger charge is -2.40. The third-order valence-electron chi connectivity index (χ3n) is 4.49. The number of imidazole rings is 1. The van der Waals surface area contributed by atoms with Crippen LogP contribution in [0.1, 0.15) is 38.2 Å². The van der Waals surface area contributed by atoms with Crippen LogP contribution in [-0.2, 0) is 7.05 Å². The van der Waals surface area contributed by atoms with Crippen molar-refractivity contribution in [3.8, 4) is 0 Å². The van der Waals surface area contributed by atoms with Gasteiger partial charge in [0.25, 0.3) is 11.8 Å². The molecule has 1 aromatic carbocycles. The number of hydrogen-bond donors (Lipinski definition) is 1. The SMILES string of the molecule is Cn1cnc(C(=O)Nc2cc(F)cc(C(=O)N3CCC3c3cccs3)c2)c1. The molecule has 3 aromatic rings. The van der Waals surface area contributed by atoms with E-state index >= 15 is 0 Å². The van der Waals surface area contributed by atoms with Crippen LogP contribution in [0.25, 0.3) is 0 Å². The Morgan fingerprint density at radius 3 is 2.81 bits per heavy atom. The zero-order valence-electron chi connectivity index (χ0n) is 14.6. The molecule has 2 amide bonds. The van der Waals surface area contributed by atoms with Crippen molar-refractivity contribution >= 4 is 28.8 Å². The first-order chi connectivity index (χ1) is 13.0. The first-order valence-electron chi connectivity index (χ1n) is 8.45. The van der Waals surface area contributed by atoms with Gasteiger partial charge in [0.05, 0.1) is 12.4 Å². The number of rotatable bonds is 4. The zero-order valence-corrected chi connectivity index (χ0v) is 15.4. The number of nitrogens with zero attached hydrogens (tertiary/aromatic N) is 3. The molecular formula is C19H17FN4O2S. The second-order valence-electron chi connectivity index (χ2n) is 6.43. The fourth-order valence-electron chi connectivity index (χ4n) is 3.08. The Bertz CT molecular complexity index is 999. The van der Waals surface area contributed by atoms with Gasteiger partial charge in [-0.05, 0) is 36.1 Å². The number of carbonyl (C=O) groups excluding carboxylic acids is 2. The van der Waals surface area contributed by atoms with Crippen LogP contribution in [0.2, 0.25) is 0 Å². The van der Waals surface area contributed by atoms with Crippen molar-refractivity contribution in [1.82, 2.24) is 14.5 Å². The first-order valence-corrected chi connectivity index (χ1v) is 9.33. The summed E-state index contributed by atoms with van der Waals surface area (Å²) in [5, 5.41) is 4.57. The molecule has 8 heteroatoms. The van der Waals surface area contributed by atoms with E-state index < -0.39 is 11.7 Å². The van der Waals surface area contributed by atoms with E-state index in [1.54, 1.807) is 34.0 Å². The average Bonchev–Trinajstić information content (AvgIpc) is 3.25. The Hall–Kier alpha value is -3.00. The quantitative estimate of drug-likeness (QED) is 0.749. The molecule has 0 aliphatic carbocycles. The number of amides is 2. The largest absolute Gasteiger partial charge is 0.340 e. The number of halogens is 1. The molecule has 0 radical (unpaired) electrons. The standard InChI is InChI=1S/C19H17FN4O2S/c1-23-10-15(21-11-23)18(25)22-14-8-12(7-13(20)9-14)19(26)24-5-4-16(24)17-3-2-6-27-17/h2-3,6-11,16H,4-5H2,1H3,(H,22,25). The molecule has 27 heavy (non-hydrogen) atoms. The molecule has 6 nitrogen and oxygen atoms in total. The topological polar surface area (TPSA) is 67.2 Å². The van der Waals surface area contributed by atoms with Crippen molar-refractivity contribution in [3.05, 3.63) is 70.2 Å². The van der Waals surface area contributed by atoms with Gasteiger partial charge < -0.3 is 14.8 Å². The number of anilines is 1. The van der Waals surface area contributed by atoms with E-state index in [9.17, 15) is 14.0 Å². The Kier molecular flexibility index (Phi) is 4.49. The Morgan fingerprint density at radius 2 is 2.19 bits per heavy atom. The van der Waals surface area contributed by atoms with E-state index in [-0.39, 0.29) is 28.9 Å². The molecule has 1 aliphatic heterocycles. The second kappa shape index (κ2) is 6.96. The number of benzene rings is 1. The minimum absolute atomic E-state index is 0.0346. The van der Waals surface area contributed by atoms with Gasteiger partial charge in [-0.25, -0.2) is 9.37 Å². The Labute approximate surface area is 159 Å². The smallest absolute Gasteiger partial charge is 0.275 e. The fraction of sp³-hybridized carbons (Fsp3) is 0.211. The van der Waals surface area contributed by atoms with Gasteiger partial charge >= 0.3 is 0 Å².